The van der Waals surface area contributed by atoms with Crippen LogP contribution < -0.4 is 15.2 Å². The Morgan fingerprint density at radius 1 is 0.714 bits per heavy atom. The standard InChI is InChI=1S/C24H14O4/c1-13-6-8-14(9-7-13)20-18-11-10-15(12-19(18)28-24(20)27)21-22(25)16-4-2-3-5-17(16)23(21)26/h2-12H,1H3. The first-order chi connectivity index (χ1) is 13.5. The fraction of sp³-hybridized carbons (Fsp3) is 0.0417. The summed E-state index contributed by atoms with van der Waals surface area (Å²) in [5, 5.41) is 1.12. The molecule has 1 aliphatic heterocycles. The number of hydrogen-bond donors (Lipinski definition) is 0. The first kappa shape index (κ1) is 16.4. The van der Waals surface area contributed by atoms with Crippen molar-refractivity contribution in [2.75, 3.05) is 0 Å². The Bertz CT molecular complexity index is 1290. The fourth-order valence-corrected chi connectivity index (χ4v) is 3.74. The number of Topliss-reactive ketones (excluding diaryl/α,β-unsaturated/α-hetero) is 2. The van der Waals surface area contributed by atoms with E-state index >= 15 is 0 Å². The van der Waals surface area contributed by atoms with Gasteiger partial charge in [0.1, 0.15) is 5.75 Å². The SMILES string of the molecule is Cc1ccc(C2=c3ccc(=C4C(=O)c5ccccc5C4=O)cc3OC2=O)cc1. The van der Waals surface area contributed by atoms with Crippen molar-refractivity contribution < 1.29 is 19.1 Å². The number of carbonyl (C=O) groups is 3. The molecule has 5 rings (SSSR count). The van der Waals surface area contributed by atoms with Gasteiger partial charge < -0.3 is 4.74 Å². The molecule has 0 saturated carbocycles. The second kappa shape index (κ2) is 5.86. The Morgan fingerprint density at radius 3 is 2.00 bits per heavy atom. The van der Waals surface area contributed by atoms with E-state index in [-0.39, 0.29) is 17.1 Å². The van der Waals surface area contributed by atoms with Crippen molar-refractivity contribution >= 4 is 28.7 Å². The second-order valence-electron chi connectivity index (χ2n) is 6.92. The molecule has 1 aliphatic carbocycles. The van der Waals surface area contributed by atoms with Gasteiger partial charge in [-0.2, -0.15) is 0 Å². The van der Waals surface area contributed by atoms with E-state index in [1.54, 1.807) is 42.5 Å². The number of fused-ring (bicyclic) bond motifs is 2. The van der Waals surface area contributed by atoms with Crippen molar-refractivity contribution in [2.45, 2.75) is 6.92 Å². The van der Waals surface area contributed by atoms with E-state index in [1.807, 2.05) is 31.2 Å². The van der Waals surface area contributed by atoms with Crippen molar-refractivity contribution in [3.63, 3.8) is 0 Å². The maximum absolute atomic E-state index is 12.7. The lowest BCUT2D eigenvalue weighted by atomic mass is 10.0. The van der Waals surface area contributed by atoms with E-state index in [0.717, 1.165) is 11.1 Å². The average molecular weight is 366 g/mol. The predicted molar refractivity (Wildman–Crippen MR) is 104 cm³/mol. The third-order valence-corrected chi connectivity index (χ3v) is 5.16. The lowest BCUT2D eigenvalue weighted by Crippen LogP contribution is -2.17. The van der Waals surface area contributed by atoms with E-state index < -0.39 is 5.97 Å². The number of ether oxygens (including phenoxy) is 1. The summed E-state index contributed by atoms with van der Waals surface area (Å²) in [6, 6.07) is 19.4. The molecule has 0 amide bonds. The van der Waals surface area contributed by atoms with Gasteiger partial charge in [-0.15, -0.1) is 0 Å². The minimum Gasteiger partial charge on any atom is -0.422 e. The minimum absolute atomic E-state index is 0.115. The van der Waals surface area contributed by atoms with E-state index in [2.05, 4.69) is 0 Å². The molecule has 0 atom stereocenters. The van der Waals surface area contributed by atoms with Crippen LogP contribution >= 0.6 is 0 Å². The van der Waals surface area contributed by atoms with Crippen LogP contribution in [0, 0.1) is 6.92 Å². The second-order valence-corrected chi connectivity index (χ2v) is 6.92. The van der Waals surface area contributed by atoms with Crippen LogP contribution in [0.15, 0.2) is 66.7 Å². The summed E-state index contributed by atoms with van der Waals surface area (Å²) in [6.45, 7) is 1.98. The number of aryl methyl sites for hydroxylation is 1. The summed E-state index contributed by atoms with van der Waals surface area (Å²) >= 11 is 0. The maximum atomic E-state index is 12.7. The average Bonchev–Trinajstić information content (AvgIpc) is 3.16. The molecular weight excluding hydrogens is 352 g/mol. The van der Waals surface area contributed by atoms with Gasteiger partial charge in [0.05, 0.1) is 11.1 Å². The van der Waals surface area contributed by atoms with Gasteiger partial charge in [0.25, 0.3) is 0 Å². The van der Waals surface area contributed by atoms with Gasteiger partial charge in [-0.25, -0.2) is 4.79 Å². The highest BCUT2D eigenvalue weighted by atomic mass is 16.5. The molecule has 28 heavy (non-hydrogen) atoms. The van der Waals surface area contributed by atoms with Gasteiger partial charge in [0, 0.05) is 16.3 Å². The van der Waals surface area contributed by atoms with Crippen LogP contribution in [0.25, 0.3) is 11.1 Å². The Morgan fingerprint density at radius 2 is 1.36 bits per heavy atom. The molecule has 3 aromatic rings. The number of carbonyl (C=O) groups excluding carboxylic acids is 3. The van der Waals surface area contributed by atoms with Crippen LogP contribution in [-0.2, 0) is 4.79 Å². The molecule has 134 valence electrons. The van der Waals surface area contributed by atoms with Gasteiger partial charge in [-0.05, 0) is 29.8 Å². The molecule has 0 unspecified atom stereocenters. The highest BCUT2D eigenvalue weighted by Gasteiger charge is 2.33. The highest BCUT2D eigenvalue weighted by molar-refractivity contribution is 6.55. The van der Waals surface area contributed by atoms with Crippen LogP contribution in [0.1, 0.15) is 31.8 Å². The van der Waals surface area contributed by atoms with Crippen LogP contribution in [0.2, 0.25) is 0 Å². The molecule has 0 saturated heterocycles. The Balaban J connectivity index is 1.72. The third-order valence-electron chi connectivity index (χ3n) is 5.16. The van der Waals surface area contributed by atoms with Crippen LogP contribution in [-0.4, -0.2) is 17.5 Å². The number of hydrogen-bond acceptors (Lipinski definition) is 4. The Labute approximate surface area is 160 Å². The zero-order valence-electron chi connectivity index (χ0n) is 15.0. The summed E-state index contributed by atoms with van der Waals surface area (Å²) in [5.41, 5.74) is 3.29. The predicted octanol–water partition coefficient (Wildman–Crippen LogP) is 2.34. The molecule has 3 aromatic carbocycles. The van der Waals surface area contributed by atoms with E-state index in [4.69, 9.17) is 4.74 Å². The van der Waals surface area contributed by atoms with Gasteiger partial charge >= 0.3 is 5.97 Å². The molecule has 0 bridgehead atoms. The highest BCUT2D eigenvalue weighted by Crippen LogP contribution is 2.27. The maximum Gasteiger partial charge on any atom is 0.344 e. The normalized spacial score (nSPS) is 15.0. The zero-order chi connectivity index (χ0) is 19.4. The lowest BCUT2D eigenvalue weighted by molar-refractivity contribution is -0.127. The number of benzene rings is 3. The first-order valence-corrected chi connectivity index (χ1v) is 8.91. The molecule has 4 heteroatoms. The van der Waals surface area contributed by atoms with Crippen molar-refractivity contribution in [3.8, 4) is 5.75 Å². The molecule has 0 fully saturated rings. The Hall–Kier alpha value is -3.79. The summed E-state index contributed by atoms with van der Waals surface area (Å²) in [4.78, 5) is 37.9. The van der Waals surface area contributed by atoms with Gasteiger partial charge in [-0.3, -0.25) is 9.59 Å². The monoisotopic (exact) mass is 366 g/mol. The molecule has 1 heterocycles. The lowest BCUT2D eigenvalue weighted by Gasteiger charge is -2.00. The molecule has 0 aromatic heterocycles. The number of ketones is 2. The van der Waals surface area contributed by atoms with Crippen molar-refractivity contribution in [1.29, 1.82) is 0 Å². The van der Waals surface area contributed by atoms with Gasteiger partial charge in [0.2, 0.25) is 0 Å². The smallest absolute Gasteiger partial charge is 0.344 e. The van der Waals surface area contributed by atoms with Crippen molar-refractivity contribution in [3.05, 3.63) is 99.4 Å². The summed E-state index contributed by atoms with van der Waals surface area (Å²) < 4.78 is 5.44. The molecule has 0 N–H and O–H groups in total. The quantitative estimate of drug-likeness (QED) is 0.490. The minimum atomic E-state index is -0.437. The third kappa shape index (κ3) is 2.28. The number of rotatable bonds is 1. The van der Waals surface area contributed by atoms with Crippen LogP contribution in [0.3, 0.4) is 0 Å². The largest absolute Gasteiger partial charge is 0.422 e. The topological polar surface area (TPSA) is 60.4 Å². The van der Waals surface area contributed by atoms with E-state index in [1.165, 1.54) is 0 Å². The van der Waals surface area contributed by atoms with E-state index in [9.17, 15) is 14.4 Å². The van der Waals surface area contributed by atoms with Crippen molar-refractivity contribution in [1.82, 2.24) is 0 Å². The molecule has 4 nitrogen and oxygen atoms in total. The van der Waals surface area contributed by atoms with Crippen LogP contribution in [0.4, 0.5) is 0 Å². The van der Waals surface area contributed by atoms with Gasteiger partial charge in [0.15, 0.2) is 11.6 Å². The summed E-state index contributed by atoms with van der Waals surface area (Å²) in [6.07, 6.45) is 0. The Kier molecular flexibility index (Phi) is 3.43. The summed E-state index contributed by atoms with van der Waals surface area (Å²) in [5.74, 6) is -0.671. The summed E-state index contributed by atoms with van der Waals surface area (Å²) in [7, 11) is 0. The zero-order valence-corrected chi connectivity index (χ0v) is 15.0. The van der Waals surface area contributed by atoms with Gasteiger partial charge in [-0.1, -0.05) is 60.2 Å². The molecule has 2 aliphatic rings. The van der Waals surface area contributed by atoms with Crippen molar-refractivity contribution in [2.24, 2.45) is 0 Å². The van der Waals surface area contributed by atoms with Crippen LogP contribution in [0.5, 0.6) is 5.75 Å². The van der Waals surface area contributed by atoms with E-state index in [0.29, 0.717) is 32.9 Å². The molecular formula is C24H14O4. The fourth-order valence-electron chi connectivity index (χ4n) is 3.74. The number of esters is 1. The molecule has 0 radical (unpaired) electrons. The first-order valence-electron chi connectivity index (χ1n) is 8.91. The molecule has 0 spiro atoms.